The van der Waals surface area contributed by atoms with Crippen LogP contribution in [0.25, 0.3) is 38.8 Å². The van der Waals surface area contributed by atoms with Gasteiger partial charge in [0.15, 0.2) is 5.65 Å². The van der Waals surface area contributed by atoms with E-state index in [9.17, 15) is 18.4 Å². The maximum Gasteiger partial charge on any atom is 0.407 e. The molecule has 42 heavy (non-hydrogen) atoms. The van der Waals surface area contributed by atoms with E-state index in [-0.39, 0.29) is 24.0 Å². The zero-order valence-electron chi connectivity index (χ0n) is 23.2. The number of aromatic nitrogens is 4. The van der Waals surface area contributed by atoms with E-state index in [1.165, 1.54) is 28.8 Å². The second-order valence-electron chi connectivity index (χ2n) is 9.67. The van der Waals surface area contributed by atoms with E-state index in [0.717, 1.165) is 5.39 Å². The molecule has 0 spiro atoms. The van der Waals surface area contributed by atoms with Crippen LogP contribution >= 0.6 is 0 Å². The molecule has 1 N–H and O–H groups in total. The number of rotatable bonds is 10. The number of fused-ring (bicyclic) bond motifs is 2. The Morgan fingerprint density at radius 1 is 1.02 bits per heavy atom. The highest BCUT2D eigenvalue weighted by Gasteiger charge is 2.16. The molecule has 0 atom stereocenters. The maximum atomic E-state index is 14.0. The van der Waals surface area contributed by atoms with Crippen molar-refractivity contribution in [2.45, 2.75) is 40.0 Å². The molecule has 0 saturated heterocycles. The van der Waals surface area contributed by atoms with E-state index in [4.69, 9.17) is 9.47 Å². The summed E-state index contributed by atoms with van der Waals surface area (Å²) in [6.45, 7) is 3.46. The number of carbonyl (C=O) groups excluding carboxylic acids is 1. The highest BCUT2D eigenvalue weighted by atomic mass is 19.3. The van der Waals surface area contributed by atoms with Crippen LogP contribution in [0.3, 0.4) is 0 Å². The lowest BCUT2D eigenvalue weighted by Gasteiger charge is -2.14. The van der Waals surface area contributed by atoms with Gasteiger partial charge in [-0.15, -0.1) is 0 Å². The van der Waals surface area contributed by atoms with E-state index in [2.05, 4.69) is 20.1 Å². The fourth-order valence-corrected chi connectivity index (χ4v) is 4.49. The van der Waals surface area contributed by atoms with Gasteiger partial charge in [0.05, 0.1) is 24.4 Å². The molecular weight excluding hydrogens is 548 g/mol. The van der Waals surface area contributed by atoms with Crippen LogP contribution in [0.1, 0.15) is 20.8 Å². The van der Waals surface area contributed by atoms with Gasteiger partial charge in [0.25, 0.3) is 5.56 Å². The van der Waals surface area contributed by atoms with Gasteiger partial charge in [0, 0.05) is 34.6 Å². The first-order chi connectivity index (χ1) is 20.2. The number of alkyl halides is 2. The molecule has 0 aliphatic carbocycles. The number of benzene rings is 2. The summed E-state index contributed by atoms with van der Waals surface area (Å²) < 4.78 is 43.7. The molecule has 2 aromatic carbocycles. The number of amides is 1. The van der Waals surface area contributed by atoms with Crippen LogP contribution < -0.4 is 20.3 Å². The molecule has 0 aliphatic rings. The van der Waals surface area contributed by atoms with Crippen molar-refractivity contribution in [3.05, 3.63) is 77.2 Å². The maximum absolute atomic E-state index is 14.0. The van der Waals surface area contributed by atoms with Gasteiger partial charge < -0.3 is 19.5 Å². The van der Waals surface area contributed by atoms with Gasteiger partial charge in [0.2, 0.25) is 5.88 Å². The van der Waals surface area contributed by atoms with Crippen LogP contribution in [0.5, 0.6) is 11.6 Å². The Morgan fingerprint density at radius 2 is 1.81 bits per heavy atom. The van der Waals surface area contributed by atoms with Crippen LogP contribution in [0, 0.1) is 0 Å². The topological polar surface area (TPSA) is 110 Å². The SMILES string of the molecule is CCOc1ccc2cc(-c3ccc4nn(CCOC(=O)NC(C)C)cc4c3)c(=O)n(-c3ccc(OC(F)F)cc3)c2n1. The Kier molecular flexibility index (Phi) is 8.32. The molecule has 1 amide bonds. The van der Waals surface area contributed by atoms with Crippen LogP contribution in [0.4, 0.5) is 13.6 Å². The van der Waals surface area contributed by atoms with Crippen molar-refractivity contribution < 1.29 is 27.8 Å². The van der Waals surface area contributed by atoms with E-state index in [1.54, 1.807) is 22.9 Å². The fourth-order valence-electron chi connectivity index (χ4n) is 4.49. The molecule has 0 saturated carbocycles. The van der Waals surface area contributed by atoms with Crippen molar-refractivity contribution in [1.82, 2.24) is 24.6 Å². The second-order valence-corrected chi connectivity index (χ2v) is 9.67. The second kappa shape index (κ2) is 12.2. The average Bonchev–Trinajstić information content (AvgIpc) is 3.35. The molecule has 5 aromatic rings. The summed E-state index contributed by atoms with van der Waals surface area (Å²) >= 11 is 0. The molecule has 12 heteroatoms. The molecule has 218 valence electrons. The number of nitrogens with one attached hydrogen (secondary N) is 1. The van der Waals surface area contributed by atoms with Crippen molar-refractivity contribution in [3.8, 4) is 28.4 Å². The summed E-state index contributed by atoms with van der Waals surface area (Å²) in [5, 5.41) is 8.67. The summed E-state index contributed by atoms with van der Waals surface area (Å²) in [5.41, 5.74) is 2.19. The number of pyridine rings is 2. The first-order valence-electron chi connectivity index (χ1n) is 13.4. The highest BCUT2D eigenvalue weighted by Crippen LogP contribution is 2.27. The molecular formula is C30H29F2N5O5. The van der Waals surface area contributed by atoms with Crippen LogP contribution in [-0.2, 0) is 11.3 Å². The zero-order valence-corrected chi connectivity index (χ0v) is 23.2. The minimum absolute atomic E-state index is 0.0238. The standard InChI is InChI=1S/C30H29F2N5O5/c1-4-40-26-12-6-20-16-24(28(38)37(27(20)34-26)22-7-9-23(10-8-22)42-29(31)32)19-5-11-25-21(15-19)17-36(35-25)13-14-41-30(39)33-18(2)3/h5-12,15-18,29H,4,13-14H2,1-3H3,(H,33,39). The van der Waals surface area contributed by atoms with Crippen molar-refractivity contribution in [1.29, 1.82) is 0 Å². The van der Waals surface area contributed by atoms with Gasteiger partial charge in [-0.3, -0.25) is 14.0 Å². The normalized spacial score (nSPS) is 11.4. The number of alkyl carbamates (subject to hydrolysis) is 1. The van der Waals surface area contributed by atoms with Crippen molar-refractivity contribution in [2.24, 2.45) is 0 Å². The quantitative estimate of drug-likeness (QED) is 0.232. The van der Waals surface area contributed by atoms with Crippen molar-refractivity contribution >= 4 is 28.0 Å². The average molecular weight is 578 g/mol. The van der Waals surface area contributed by atoms with Gasteiger partial charge in [-0.05, 0) is 74.9 Å². The van der Waals surface area contributed by atoms with Gasteiger partial charge in [-0.1, -0.05) is 6.07 Å². The third-order valence-corrected chi connectivity index (χ3v) is 6.26. The van der Waals surface area contributed by atoms with Crippen LogP contribution in [-0.4, -0.2) is 51.3 Å². The number of hydrogen-bond donors (Lipinski definition) is 1. The lowest BCUT2D eigenvalue weighted by Crippen LogP contribution is -2.31. The Balaban J connectivity index is 1.52. The highest BCUT2D eigenvalue weighted by molar-refractivity contribution is 5.88. The third-order valence-electron chi connectivity index (χ3n) is 6.26. The van der Waals surface area contributed by atoms with E-state index in [0.29, 0.717) is 52.4 Å². The molecule has 5 rings (SSSR count). The Labute approximate surface area is 239 Å². The van der Waals surface area contributed by atoms with Crippen LogP contribution in [0.2, 0.25) is 0 Å². The minimum Gasteiger partial charge on any atom is -0.478 e. The molecule has 3 heterocycles. The predicted octanol–water partition coefficient (Wildman–Crippen LogP) is 5.54. The smallest absolute Gasteiger partial charge is 0.407 e. The lowest BCUT2D eigenvalue weighted by molar-refractivity contribution is -0.0498. The summed E-state index contributed by atoms with van der Waals surface area (Å²) in [4.78, 5) is 30.3. The molecule has 10 nitrogen and oxygen atoms in total. The van der Waals surface area contributed by atoms with Gasteiger partial charge in [-0.2, -0.15) is 18.9 Å². The number of hydrogen-bond acceptors (Lipinski definition) is 7. The number of nitrogens with zero attached hydrogens (tertiary/aromatic N) is 4. The van der Waals surface area contributed by atoms with E-state index in [1.807, 2.05) is 45.2 Å². The summed E-state index contributed by atoms with van der Waals surface area (Å²) in [5.74, 6) is 0.321. The summed E-state index contributed by atoms with van der Waals surface area (Å²) in [6.07, 6.45) is 1.33. The largest absolute Gasteiger partial charge is 0.478 e. The first-order valence-corrected chi connectivity index (χ1v) is 13.4. The predicted molar refractivity (Wildman–Crippen MR) is 153 cm³/mol. The van der Waals surface area contributed by atoms with Crippen molar-refractivity contribution in [3.63, 3.8) is 0 Å². The molecule has 0 aliphatic heterocycles. The minimum atomic E-state index is -2.96. The molecule has 0 fully saturated rings. The number of halogens is 2. The summed E-state index contributed by atoms with van der Waals surface area (Å²) in [6, 6.07) is 16.5. The van der Waals surface area contributed by atoms with Gasteiger partial charge >= 0.3 is 12.7 Å². The Hall–Kier alpha value is -5.00. The number of ether oxygens (including phenoxy) is 3. The molecule has 3 aromatic heterocycles. The summed E-state index contributed by atoms with van der Waals surface area (Å²) in [7, 11) is 0. The van der Waals surface area contributed by atoms with Crippen LogP contribution in [0.15, 0.2) is 71.7 Å². The van der Waals surface area contributed by atoms with Gasteiger partial charge in [0.1, 0.15) is 12.4 Å². The lowest BCUT2D eigenvalue weighted by atomic mass is 10.0. The Morgan fingerprint density at radius 3 is 2.52 bits per heavy atom. The first kappa shape index (κ1) is 28.5. The number of carbonyl (C=O) groups is 1. The molecule has 0 radical (unpaired) electrons. The third kappa shape index (κ3) is 6.32. The van der Waals surface area contributed by atoms with Gasteiger partial charge in [-0.25, -0.2) is 4.79 Å². The Bertz CT molecular complexity index is 1780. The van der Waals surface area contributed by atoms with Crippen molar-refractivity contribution in [2.75, 3.05) is 13.2 Å². The van der Waals surface area contributed by atoms with E-state index < -0.39 is 12.7 Å². The zero-order chi connectivity index (χ0) is 29.8. The van der Waals surface area contributed by atoms with E-state index >= 15 is 0 Å². The monoisotopic (exact) mass is 577 g/mol. The molecule has 0 bridgehead atoms. The molecule has 0 unspecified atom stereocenters. The fraction of sp³-hybridized carbons (Fsp3) is 0.267.